The Morgan fingerprint density at radius 1 is 0.615 bits per heavy atom. The topological polar surface area (TPSA) is 74.3 Å². The number of carbonyl (C=O) groups is 2. The Labute approximate surface area is 241 Å². The molecule has 0 amide bonds. The molecule has 0 bridgehead atoms. The van der Waals surface area contributed by atoms with Gasteiger partial charge in [-0.15, -0.1) is 0 Å². The van der Waals surface area contributed by atoms with Crippen LogP contribution in [0.1, 0.15) is 137 Å². The van der Waals surface area contributed by atoms with Crippen LogP contribution < -0.4 is 0 Å². The Morgan fingerprint density at radius 2 is 1.08 bits per heavy atom. The van der Waals surface area contributed by atoms with Crippen molar-refractivity contribution < 1.29 is 28.5 Å². The molecule has 0 aliphatic carbocycles. The lowest BCUT2D eigenvalue weighted by molar-refractivity contribution is -0.160. The largest absolute Gasteiger partial charge is 0.465 e. The zero-order valence-electron chi connectivity index (χ0n) is 26.3. The fourth-order valence-corrected chi connectivity index (χ4v) is 4.29. The van der Waals surface area contributed by atoms with Crippen molar-refractivity contribution in [2.75, 3.05) is 46.1 Å². The molecule has 0 radical (unpaired) electrons. The Hall–Kier alpha value is -1.18. The number of rotatable bonds is 29. The van der Waals surface area contributed by atoms with Gasteiger partial charge >= 0.3 is 11.9 Å². The smallest absolute Gasteiger partial charge is 0.305 e. The van der Waals surface area contributed by atoms with Crippen molar-refractivity contribution >= 4 is 11.9 Å². The van der Waals surface area contributed by atoms with Crippen molar-refractivity contribution in [3.8, 4) is 0 Å². The van der Waals surface area contributed by atoms with E-state index in [1.165, 1.54) is 64.2 Å². The van der Waals surface area contributed by atoms with Crippen LogP contribution in [0.2, 0.25) is 0 Å². The minimum absolute atomic E-state index is 0.0376. The van der Waals surface area contributed by atoms with E-state index in [9.17, 15) is 9.59 Å². The number of nitrogens with zero attached hydrogens (tertiary/aromatic N) is 1. The SMILES string of the molecule is CCCCCCCCOC(CCC(=O)OCC(C)COC(=O)CCCN(CC)CC)OCCCCCCCC. The van der Waals surface area contributed by atoms with Gasteiger partial charge in [0.1, 0.15) is 0 Å². The van der Waals surface area contributed by atoms with Crippen molar-refractivity contribution in [1.82, 2.24) is 4.90 Å². The predicted octanol–water partition coefficient (Wildman–Crippen LogP) is 7.69. The summed E-state index contributed by atoms with van der Waals surface area (Å²) in [6.07, 6.45) is 16.2. The van der Waals surface area contributed by atoms with Crippen LogP contribution in [0, 0.1) is 5.92 Å². The van der Waals surface area contributed by atoms with Gasteiger partial charge in [0, 0.05) is 32.0 Å². The predicted molar refractivity (Wildman–Crippen MR) is 160 cm³/mol. The Kier molecular flexibility index (Phi) is 27.5. The second-order valence-corrected chi connectivity index (χ2v) is 10.8. The van der Waals surface area contributed by atoms with E-state index in [0.717, 1.165) is 38.9 Å². The molecular formula is C32H63NO6. The highest BCUT2D eigenvalue weighted by molar-refractivity contribution is 5.69. The average molecular weight is 558 g/mol. The number of esters is 2. The quantitative estimate of drug-likeness (QED) is 0.0530. The summed E-state index contributed by atoms with van der Waals surface area (Å²) in [5.74, 6) is -0.485. The Balaban J connectivity index is 4.20. The van der Waals surface area contributed by atoms with Gasteiger partial charge in [-0.1, -0.05) is 98.8 Å². The molecule has 0 saturated heterocycles. The number of ether oxygens (including phenoxy) is 4. The first-order valence-corrected chi connectivity index (χ1v) is 16.2. The van der Waals surface area contributed by atoms with Crippen LogP contribution in [0.3, 0.4) is 0 Å². The minimum atomic E-state index is -0.362. The maximum Gasteiger partial charge on any atom is 0.305 e. The lowest BCUT2D eigenvalue weighted by Gasteiger charge is -2.19. The van der Waals surface area contributed by atoms with Crippen molar-refractivity contribution in [2.24, 2.45) is 5.92 Å². The second kappa shape index (κ2) is 28.4. The fourth-order valence-electron chi connectivity index (χ4n) is 4.29. The van der Waals surface area contributed by atoms with E-state index >= 15 is 0 Å². The summed E-state index contributed by atoms with van der Waals surface area (Å²) < 4.78 is 22.8. The zero-order valence-corrected chi connectivity index (χ0v) is 26.3. The maximum atomic E-state index is 12.4. The van der Waals surface area contributed by atoms with E-state index in [1.54, 1.807) is 0 Å². The molecule has 0 aromatic heterocycles. The van der Waals surface area contributed by atoms with Crippen LogP contribution in [0.5, 0.6) is 0 Å². The number of hydrogen-bond donors (Lipinski definition) is 0. The first-order valence-electron chi connectivity index (χ1n) is 16.2. The molecule has 0 N–H and O–H groups in total. The molecular weight excluding hydrogens is 494 g/mol. The molecule has 0 aliphatic rings. The standard InChI is InChI=1S/C32H63NO6/c1-6-10-12-14-16-18-25-36-32(37-26-19-17-15-13-11-7-2)23-22-31(35)39-28-29(5)27-38-30(34)21-20-24-33(8-3)9-4/h29,32H,6-28H2,1-5H3. The molecule has 7 heteroatoms. The van der Waals surface area contributed by atoms with Crippen LogP contribution in [0.15, 0.2) is 0 Å². The third-order valence-electron chi connectivity index (χ3n) is 6.99. The van der Waals surface area contributed by atoms with E-state index in [1.807, 2.05) is 6.92 Å². The molecule has 0 aromatic carbocycles. The van der Waals surface area contributed by atoms with Gasteiger partial charge in [-0.3, -0.25) is 9.59 Å². The maximum absolute atomic E-state index is 12.4. The van der Waals surface area contributed by atoms with E-state index in [2.05, 4.69) is 32.6 Å². The summed E-state index contributed by atoms with van der Waals surface area (Å²) in [7, 11) is 0. The molecule has 0 spiro atoms. The molecule has 0 saturated carbocycles. The monoisotopic (exact) mass is 557 g/mol. The second-order valence-electron chi connectivity index (χ2n) is 10.8. The highest BCUT2D eigenvalue weighted by atomic mass is 16.7. The summed E-state index contributed by atoms with van der Waals surface area (Å²) in [4.78, 5) is 26.6. The van der Waals surface area contributed by atoms with Crippen LogP contribution in [-0.2, 0) is 28.5 Å². The van der Waals surface area contributed by atoms with E-state index < -0.39 is 0 Å². The van der Waals surface area contributed by atoms with E-state index in [0.29, 0.717) is 26.1 Å². The minimum Gasteiger partial charge on any atom is -0.465 e. The Morgan fingerprint density at radius 3 is 1.56 bits per heavy atom. The van der Waals surface area contributed by atoms with Gasteiger partial charge in [-0.05, 0) is 38.9 Å². The van der Waals surface area contributed by atoms with Gasteiger partial charge in [-0.2, -0.15) is 0 Å². The third kappa shape index (κ3) is 25.5. The van der Waals surface area contributed by atoms with Gasteiger partial charge in [0.05, 0.1) is 19.6 Å². The summed E-state index contributed by atoms with van der Waals surface area (Å²) in [5.41, 5.74) is 0. The normalized spacial score (nSPS) is 12.3. The van der Waals surface area contributed by atoms with Gasteiger partial charge in [0.25, 0.3) is 0 Å². The number of unbranched alkanes of at least 4 members (excludes halogenated alkanes) is 10. The number of hydrogen-bond acceptors (Lipinski definition) is 7. The van der Waals surface area contributed by atoms with Gasteiger partial charge in [0.2, 0.25) is 0 Å². The molecule has 39 heavy (non-hydrogen) atoms. The van der Waals surface area contributed by atoms with Crippen molar-refractivity contribution in [3.63, 3.8) is 0 Å². The molecule has 0 fully saturated rings. The lowest BCUT2D eigenvalue weighted by Crippen LogP contribution is -2.25. The molecule has 0 aromatic rings. The van der Waals surface area contributed by atoms with Crippen LogP contribution in [-0.4, -0.2) is 69.2 Å². The summed E-state index contributed by atoms with van der Waals surface area (Å²) >= 11 is 0. The van der Waals surface area contributed by atoms with Gasteiger partial charge in [0.15, 0.2) is 6.29 Å². The van der Waals surface area contributed by atoms with Crippen molar-refractivity contribution in [1.29, 1.82) is 0 Å². The summed E-state index contributed by atoms with van der Waals surface area (Å²) in [6.45, 7) is 15.4. The molecule has 1 atom stereocenters. The van der Waals surface area contributed by atoms with Gasteiger partial charge in [-0.25, -0.2) is 0 Å². The van der Waals surface area contributed by atoms with Crippen LogP contribution in [0.4, 0.5) is 0 Å². The van der Waals surface area contributed by atoms with Crippen molar-refractivity contribution in [3.05, 3.63) is 0 Å². The highest BCUT2D eigenvalue weighted by Gasteiger charge is 2.15. The summed E-state index contributed by atoms with van der Waals surface area (Å²) in [6, 6.07) is 0. The van der Waals surface area contributed by atoms with Crippen LogP contribution in [0.25, 0.3) is 0 Å². The van der Waals surface area contributed by atoms with Gasteiger partial charge < -0.3 is 23.8 Å². The molecule has 0 aliphatic heterocycles. The zero-order chi connectivity index (χ0) is 29.0. The first-order chi connectivity index (χ1) is 19.0. The lowest BCUT2D eigenvalue weighted by atomic mass is 10.1. The molecule has 232 valence electrons. The Bertz CT molecular complexity index is 537. The average Bonchev–Trinajstić information content (AvgIpc) is 2.94. The fraction of sp³-hybridized carbons (Fsp3) is 0.938. The molecule has 0 heterocycles. The highest BCUT2D eigenvalue weighted by Crippen LogP contribution is 2.12. The molecule has 0 rings (SSSR count). The van der Waals surface area contributed by atoms with Crippen molar-refractivity contribution in [2.45, 2.75) is 144 Å². The van der Waals surface area contributed by atoms with E-state index in [-0.39, 0.29) is 43.8 Å². The first kappa shape index (κ1) is 37.8. The van der Waals surface area contributed by atoms with E-state index in [4.69, 9.17) is 18.9 Å². The molecule has 1 unspecified atom stereocenters. The summed E-state index contributed by atoms with van der Waals surface area (Å²) in [5, 5.41) is 0. The third-order valence-corrected chi connectivity index (χ3v) is 6.99. The van der Waals surface area contributed by atoms with Crippen LogP contribution >= 0.6 is 0 Å². The number of carbonyl (C=O) groups excluding carboxylic acids is 2. The molecule has 7 nitrogen and oxygen atoms in total.